The molecule has 3 nitrogen and oxygen atoms in total. The molecular formula is C22H14ClN3. The van der Waals surface area contributed by atoms with E-state index in [-0.39, 0.29) is 5.28 Å². The Morgan fingerprint density at radius 3 is 2.12 bits per heavy atom. The molecule has 0 fully saturated rings. The summed E-state index contributed by atoms with van der Waals surface area (Å²) in [7, 11) is 0. The van der Waals surface area contributed by atoms with Crippen LogP contribution >= 0.6 is 11.6 Å². The number of aromatic nitrogens is 3. The van der Waals surface area contributed by atoms with Crippen molar-refractivity contribution in [2.45, 2.75) is 0 Å². The quantitative estimate of drug-likeness (QED) is 0.369. The van der Waals surface area contributed by atoms with Crippen LogP contribution in [-0.4, -0.2) is 14.5 Å². The Hall–Kier alpha value is -3.17. The van der Waals surface area contributed by atoms with Crippen molar-refractivity contribution in [2.75, 3.05) is 0 Å². The molecule has 0 bridgehead atoms. The molecule has 0 saturated carbocycles. The van der Waals surface area contributed by atoms with Gasteiger partial charge in [0.1, 0.15) is 0 Å². The van der Waals surface area contributed by atoms with E-state index in [9.17, 15) is 0 Å². The molecular weight excluding hydrogens is 342 g/mol. The van der Waals surface area contributed by atoms with E-state index in [1.54, 1.807) is 6.20 Å². The number of para-hydroxylation sites is 2. The highest BCUT2D eigenvalue weighted by molar-refractivity contribution is 6.28. The SMILES string of the molecule is Clc1nccc(-c2cccc(-n3c4ccccc4c4ccccc43)c2)n1. The number of hydrogen-bond donors (Lipinski definition) is 0. The molecule has 5 rings (SSSR count). The van der Waals surface area contributed by atoms with Gasteiger partial charge in [0, 0.05) is 28.2 Å². The van der Waals surface area contributed by atoms with Crippen LogP contribution in [0.1, 0.15) is 0 Å². The minimum Gasteiger partial charge on any atom is -0.309 e. The first-order valence-corrected chi connectivity index (χ1v) is 8.76. The molecule has 0 N–H and O–H groups in total. The molecule has 2 heterocycles. The highest BCUT2D eigenvalue weighted by Crippen LogP contribution is 2.32. The Bertz CT molecular complexity index is 1200. The van der Waals surface area contributed by atoms with Gasteiger partial charge in [-0.05, 0) is 41.9 Å². The van der Waals surface area contributed by atoms with Crippen molar-refractivity contribution in [1.29, 1.82) is 0 Å². The summed E-state index contributed by atoms with van der Waals surface area (Å²) in [6, 6.07) is 27.2. The minimum atomic E-state index is 0.254. The van der Waals surface area contributed by atoms with Crippen molar-refractivity contribution in [3.05, 3.63) is 90.3 Å². The molecule has 5 aromatic rings. The first-order valence-electron chi connectivity index (χ1n) is 8.39. The number of rotatable bonds is 2. The average molecular weight is 356 g/mol. The average Bonchev–Trinajstić information content (AvgIpc) is 3.03. The first kappa shape index (κ1) is 15.1. The smallest absolute Gasteiger partial charge is 0.222 e. The van der Waals surface area contributed by atoms with Gasteiger partial charge in [-0.15, -0.1) is 0 Å². The van der Waals surface area contributed by atoms with E-state index >= 15 is 0 Å². The van der Waals surface area contributed by atoms with E-state index < -0.39 is 0 Å². The number of halogens is 1. The predicted molar refractivity (Wildman–Crippen MR) is 107 cm³/mol. The lowest BCUT2D eigenvalue weighted by Crippen LogP contribution is -1.95. The van der Waals surface area contributed by atoms with Crippen molar-refractivity contribution in [2.24, 2.45) is 0 Å². The van der Waals surface area contributed by atoms with Crippen LogP contribution < -0.4 is 0 Å². The second-order valence-corrected chi connectivity index (χ2v) is 6.47. The van der Waals surface area contributed by atoms with Gasteiger partial charge in [0.15, 0.2) is 0 Å². The third kappa shape index (κ3) is 2.37. The van der Waals surface area contributed by atoms with Gasteiger partial charge in [0.25, 0.3) is 0 Å². The molecule has 0 radical (unpaired) electrons. The summed E-state index contributed by atoms with van der Waals surface area (Å²) < 4.78 is 2.29. The molecule has 4 heteroatoms. The monoisotopic (exact) mass is 355 g/mol. The largest absolute Gasteiger partial charge is 0.309 e. The standard InChI is InChI=1S/C22H14ClN3/c23-22-24-13-12-19(25-22)15-6-5-7-16(14-15)26-20-10-3-1-8-17(20)18-9-2-4-11-21(18)26/h1-14H. The van der Waals surface area contributed by atoms with Crippen LogP contribution in [0.25, 0.3) is 38.8 Å². The highest BCUT2D eigenvalue weighted by atomic mass is 35.5. The van der Waals surface area contributed by atoms with Gasteiger partial charge < -0.3 is 4.57 Å². The Morgan fingerprint density at radius 2 is 1.42 bits per heavy atom. The van der Waals surface area contributed by atoms with Gasteiger partial charge in [0.05, 0.1) is 16.7 Å². The Balaban J connectivity index is 1.79. The van der Waals surface area contributed by atoms with Gasteiger partial charge >= 0.3 is 0 Å². The Kier molecular flexibility index (Phi) is 3.47. The third-order valence-corrected chi connectivity index (χ3v) is 4.79. The normalized spacial score (nSPS) is 11.3. The Labute approximate surface area is 155 Å². The molecule has 0 spiro atoms. The van der Waals surface area contributed by atoms with E-state index in [4.69, 9.17) is 11.6 Å². The van der Waals surface area contributed by atoms with E-state index in [1.807, 2.05) is 18.2 Å². The molecule has 0 saturated heterocycles. The van der Waals surface area contributed by atoms with Crippen molar-refractivity contribution in [3.8, 4) is 16.9 Å². The lowest BCUT2D eigenvalue weighted by Gasteiger charge is -2.10. The van der Waals surface area contributed by atoms with Crippen molar-refractivity contribution >= 4 is 33.4 Å². The van der Waals surface area contributed by atoms with Crippen molar-refractivity contribution in [1.82, 2.24) is 14.5 Å². The van der Waals surface area contributed by atoms with Gasteiger partial charge in [-0.1, -0.05) is 48.5 Å². The number of fused-ring (bicyclic) bond motifs is 3. The molecule has 124 valence electrons. The van der Waals surface area contributed by atoms with E-state index in [2.05, 4.69) is 75.2 Å². The molecule has 0 aliphatic rings. The summed E-state index contributed by atoms with van der Waals surface area (Å²) in [4.78, 5) is 8.30. The van der Waals surface area contributed by atoms with Gasteiger partial charge in [-0.25, -0.2) is 9.97 Å². The summed E-state index contributed by atoms with van der Waals surface area (Å²) in [5.74, 6) is 0. The first-order chi connectivity index (χ1) is 12.8. The second kappa shape index (κ2) is 5.97. The molecule has 26 heavy (non-hydrogen) atoms. The zero-order valence-corrected chi connectivity index (χ0v) is 14.6. The van der Waals surface area contributed by atoms with Gasteiger partial charge in [-0.2, -0.15) is 0 Å². The van der Waals surface area contributed by atoms with Crippen LogP contribution in [0.15, 0.2) is 85.1 Å². The van der Waals surface area contributed by atoms with Crippen LogP contribution in [0.2, 0.25) is 5.28 Å². The number of hydrogen-bond acceptors (Lipinski definition) is 2. The van der Waals surface area contributed by atoms with E-state index in [0.717, 1.165) is 16.9 Å². The maximum atomic E-state index is 5.96. The van der Waals surface area contributed by atoms with E-state index in [0.29, 0.717) is 0 Å². The maximum absolute atomic E-state index is 5.96. The fourth-order valence-corrected chi connectivity index (χ4v) is 3.65. The molecule has 2 aromatic heterocycles. The van der Waals surface area contributed by atoms with Gasteiger partial charge in [-0.3, -0.25) is 0 Å². The molecule has 0 amide bonds. The summed E-state index contributed by atoms with van der Waals surface area (Å²) in [5.41, 5.74) is 5.29. The number of benzene rings is 3. The minimum absolute atomic E-state index is 0.254. The van der Waals surface area contributed by atoms with E-state index in [1.165, 1.54) is 21.8 Å². The van der Waals surface area contributed by atoms with Crippen molar-refractivity contribution < 1.29 is 0 Å². The topological polar surface area (TPSA) is 30.7 Å². The maximum Gasteiger partial charge on any atom is 0.222 e. The molecule has 0 aliphatic carbocycles. The fourth-order valence-electron chi connectivity index (χ4n) is 3.50. The molecule has 0 unspecified atom stereocenters. The van der Waals surface area contributed by atoms with Crippen molar-refractivity contribution in [3.63, 3.8) is 0 Å². The lowest BCUT2D eigenvalue weighted by molar-refractivity contribution is 1.16. The fraction of sp³-hybridized carbons (Fsp3) is 0. The third-order valence-electron chi connectivity index (χ3n) is 4.61. The van der Waals surface area contributed by atoms with Gasteiger partial charge in [0.2, 0.25) is 5.28 Å². The zero-order valence-electron chi connectivity index (χ0n) is 13.8. The van der Waals surface area contributed by atoms with Crippen LogP contribution in [0.3, 0.4) is 0 Å². The number of nitrogens with zero attached hydrogens (tertiary/aromatic N) is 3. The molecule has 0 atom stereocenters. The summed E-state index contributed by atoms with van der Waals surface area (Å²) in [6.07, 6.45) is 1.68. The summed E-state index contributed by atoms with van der Waals surface area (Å²) in [6.45, 7) is 0. The molecule has 0 aliphatic heterocycles. The molecule has 3 aromatic carbocycles. The summed E-state index contributed by atoms with van der Waals surface area (Å²) >= 11 is 5.96. The van der Waals surface area contributed by atoms with Crippen LogP contribution in [0.4, 0.5) is 0 Å². The summed E-state index contributed by atoms with van der Waals surface area (Å²) in [5, 5.41) is 2.75. The lowest BCUT2D eigenvalue weighted by atomic mass is 10.1. The van der Waals surface area contributed by atoms with Crippen LogP contribution in [0, 0.1) is 0 Å². The Morgan fingerprint density at radius 1 is 0.731 bits per heavy atom. The van der Waals surface area contributed by atoms with Crippen LogP contribution in [0.5, 0.6) is 0 Å². The zero-order chi connectivity index (χ0) is 17.5. The highest BCUT2D eigenvalue weighted by Gasteiger charge is 2.12. The second-order valence-electron chi connectivity index (χ2n) is 6.13. The van der Waals surface area contributed by atoms with Crippen LogP contribution in [-0.2, 0) is 0 Å². The predicted octanol–water partition coefficient (Wildman–Crippen LogP) is 5.89.